The number of nitrogen functional groups attached to an aromatic ring is 1. The molecule has 90 valence electrons. The Morgan fingerprint density at radius 3 is 2.56 bits per heavy atom. The molecule has 0 amide bonds. The molecule has 3 heteroatoms. The lowest BCUT2D eigenvalue weighted by atomic mass is 10.1. The summed E-state index contributed by atoms with van der Waals surface area (Å²) in [5.74, 6) is 0.791. The zero-order valence-electron chi connectivity index (χ0n) is 10.2. The number of hydrogen-bond acceptors (Lipinski definition) is 3. The van der Waals surface area contributed by atoms with Crippen molar-refractivity contribution < 1.29 is 4.74 Å². The predicted octanol–water partition coefficient (Wildman–Crippen LogP) is 3.03. The molecule has 2 rings (SSSR count). The summed E-state index contributed by atoms with van der Waals surface area (Å²) in [6, 6.07) is 15.1. The van der Waals surface area contributed by atoms with Crippen LogP contribution in [0.5, 0.6) is 5.75 Å². The minimum absolute atomic E-state index is 0.468. The van der Waals surface area contributed by atoms with E-state index in [4.69, 9.17) is 15.7 Å². The molecule has 3 nitrogen and oxygen atoms in total. The van der Waals surface area contributed by atoms with Crippen LogP contribution in [0.4, 0.5) is 5.69 Å². The van der Waals surface area contributed by atoms with Crippen LogP contribution in [-0.4, -0.2) is 0 Å². The van der Waals surface area contributed by atoms with Gasteiger partial charge in [-0.15, -0.1) is 0 Å². The Kier molecular flexibility index (Phi) is 3.49. The minimum atomic E-state index is 0.468. The maximum Gasteiger partial charge on any atom is 0.124 e. The second kappa shape index (κ2) is 5.24. The van der Waals surface area contributed by atoms with Crippen molar-refractivity contribution in [2.75, 3.05) is 5.73 Å². The number of hydrogen-bond donors (Lipinski definition) is 1. The van der Waals surface area contributed by atoms with Gasteiger partial charge in [-0.25, -0.2) is 0 Å². The normalized spacial score (nSPS) is 9.78. The maximum absolute atomic E-state index is 8.71. The summed E-state index contributed by atoms with van der Waals surface area (Å²) in [6.45, 7) is 2.40. The first-order valence-corrected chi connectivity index (χ1v) is 5.67. The molecule has 0 aliphatic carbocycles. The molecule has 0 aliphatic rings. The number of nitriles is 1. The molecule has 0 unspecified atom stereocenters. The van der Waals surface area contributed by atoms with Crippen molar-refractivity contribution in [1.82, 2.24) is 0 Å². The number of benzene rings is 2. The van der Waals surface area contributed by atoms with E-state index in [1.165, 1.54) is 0 Å². The molecule has 2 aromatic carbocycles. The fourth-order valence-electron chi connectivity index (χ4n) is 1.62. The Bertz CT molecular complexity index is 582. The van der Waals surface area contributed by atoms with Gasteiger partial charge in [0.15, 0.2) is 0 Å². The second-order valence-corrected chi connectivity index (χ2v) is 4.07. The van der Waals surface area contributed by atoms with Gasteiger partial charge in [0.25, 0.3) is 0 Å². The van der Waals surface area contributed by atoms with E-state index < -0.39 is 0 Å². The first kappa shape index (κ1) is 12.0. The van der Waals surface area contributed by atoms with E-state index in [9.17, 15) is 0 Å². The minimum Gasteiger partial charge on any atom is -0.489 e. The van der Waals surface area contributed by atoms with Crippen molar-refractivity contribution in [2.24, 2.45) is 0 Å². The summed E-state index contributed by atoms with van der Waals surface area (Å²) in [5, 5.41) is 8.71. The van der Waals surface area contributed by atoms with Crippen LogP contribution in [0.15, 0.2) is 42.5 Å². The molecule has 0 saturated heterocycles. The molecule has 0 heterocycles. The molecule has 0 aliphatic heterocycles. The van der Waals surface area contributed by atoms with Crippen LogP contribution in [0.2, 0.25) is 0 Å². The Hall–Kier alpha value is -2.47. The monoisotopic (exact) mass is 238 g/mol. The van der Waals surface area contributed by atoms with E-state index in [2.05, 4.69) is 6.07 Å². The molecule has 0 radical (unpaired) electrons. The average Bonchev–Trinajstić information content (AvgIpc) is 2.41. The first-order valence-electron chi connectivity index (χ1n) is 5.67. The van der Waals surface area contributed by atoms with Crippen molar-refractivity contribution >= 4 is 5.69 Å². The number of rotatable bonds is 3. The molecule has 0 fully saturated rings. The van der Waals surface area contributed by atoms with Crippen molar-refractivity contribution in [3.63, 3.8) is 0 Å². The Labute approximate surface area is 106 Å². The van der Waals surface area contributed by atoms with E-state index >= 15 is 0 Å². The molecule has 0 saturated carbocycles. The molecule has 2 N–H and O–H groups in total. The largest absolute Gasteiger partial charge is 0.489 e. The third-order valence-electron chi connectivity index (χ3n) is 2.80. The van der Waals surface area contributed by atoms with Crippen molar-refractivity contribution in [3.05, 3.63) is 59.2 Å². The lowest BCUT2D eigenvalue weighted by Crippen LogP contribution is -1.99. The van der Waals surface area contributed by atoms with Gasteiger partial charge in [-0.2, -0.15) is 5.26 Å². The zero-order valence-corrected chi connectivity index (χ0v) is 10.2. The van der Waals surface area contributed by atoms with E-state index in [0.29, 0.717) is 12.2 Å². The Balaban J connectivity index is 2.07. The molecule has 0 aromatic heterocycles. The fourth-order valence-corrected chi connectivity index (χ4v) is 1.62. The molecule has 0 atom stereocenters. The Morgan fingerprint density at radius 1 is 1.17 bits per heavy atom. The van der Waals surface area contributed by atoms with Gasteiger partial charge in [-0.1, -0.05) is 18.2 Å². The number of anilines is 1. The summed E-state index contributed by atoms with van der Waals surface area (Å²) in [7, 11) is 0. The molecule has 0 bridgehead atoms. The molecular formula is C15H14N2O. The topological polar surface area (TPSA) is 59.0 Å². The average molecular weight is 238 g/mol. The van der Waals surface area contributed by atoms with Crippen LogP contribution in [-0.2, 0) is 6.61 Å². The van der Waals surface area contributed by atoms with Crippen molar-refractivity contribution in [2.45, 2.75) is 13.5 Å². The van der Waals surface area contributed by atoms with Crippen LogP contribution in [0.25, 0.3) is 0 Å². The highest BCUT2D eigenvalue weighted by molar-refractivity contribution is 5.53. The highest BCUT2D eigenvalue weighted by Crippen LogP contribution is 2.23. The van der Waals surface area contributed by atoms with E-state index in [0.717, 1.165) is 22.6 Å². The van der Waals surface area contributed by atoms with Crippen LogP contribution in [0.1, 0.15) is 16.7 Å². The van der Waals surface area contributed by atoms with Gasteiger partial charge >= 0.3 is 0 Å². The van der Waals surface area contributed by atoms with E-state index in [-0.39, 0.29) is 0 Å². The molecule has 0 spiro atoms. The Morgan fingerprint density at radius 2 is 1.89 bits per heavy atom. The first-order chi connectivity index (χ1) is 8.70. The van der Waals surface area contributed by atoms with Gasteiger partial charge in [0.1, 0.15) is 12.4 Å². The SMILES string of the molecule is Cc1c(N)cccc1OCc1ccc(C#N)cc1. The maximum atomic E-state index is 8.71. The van der Waals surface area contributed by atoms with Gasteiger partial charge in [0.2, 0.25) is 0 Å². The van der Waals surface area contributed by atoms with Crippen LogP contribution in [0.3, 0.4) is 0 Å². The number of nitrogens with two attached hydrogens (primary N) is 1. The lowest BCUT2D eigenvalue weighted by molar-refractivity contribution is 0.304. The van der Waals surface area contributed by atoms with Gasteiger partial charge in [-0.3, -0.25) is 0 Å². The van der Waals surface area contributed by atoms with Crippen LogP contribution >= 0.6 is 0 Å². The van der Waals surface area contributed by atoms with E-state index in [1.54, 1.807) is 12.1 Å². The predicted molar refractivity (Wildman–Crippen MR) is 71.1 cm³/mol. The summed E-state index contributed by atoms with van der Waals surface area (Å²) in [5.41, 5.74) is 9.17. The van der Waals surface area contributed by atoms with Crippen molar-refractivity contribution in [3.8, 4) is 11.8 Å². The molecule has 2 aromatic rings. The van der Waals surface area contributed by atoms with Gasteiger partial charge in [-0.05, 0) is 36.8 Å². The standard InChI is InChI=1S/C15H14N2O/c1-11-14(17)3-2-4-15(11)18-10-13-7-5-12(9-16)6-8-13/h2-8H,10,17H2,1H3. The molecular weight excluding hydrogens is 224 g/mol. The smallest absolute Gasteiger partial charge is 0.124 e. The van der Waals surface area contributed by atoms with E-state index in [1.807, 2.05) is 37.3 Å². The number of nitrogens with zero attached hydrogens (tertiary/aromatic N) is 1. The van der Waals surface area contributed by atoms with Crippen molar-refractivity contribution in [1.29, 1.82) is 5.26 Å². The van der Waals surface area contributed by atoms with Gasteiger partial charge < -0.3 is 10.5 Å². The summed E-state index contributed by atoms with van der Waals surface area (Å²) < 4.78 is 5.71. The highest BCUT2D eigenvalue weighted by Gasteiger charge is 2.02. The number of ether oxygens (including phenoxy) is 1. The highest BCUT2D eigenvalue weighted by atomic mass is 16.5. The lowest BCUT2D eigenvalue weighted by Gasteiger charge is -2.10. The zero-order chi connectivity index (χ0) is 13.0. The third kappa shape index (κ3) is 2.61. The quantitative estimate of drug-likeness (QED) is 0.836. The van der Waals surface area contributed by atoms with Crippen LogP contribution in [0, 0.1) is 18.3 Å². The second-order valence-electron chi connectivity index (χ2n) is 4.07. The summed E-state index contributed by atoms with van der Waals surface area (Å²) in [6.07, 6.45) is 0. The third-order valence-corrected chi connectivity index (χ3v) is 2.80. The van der Waals surface area contributed by atoms with Crippen LogP contribution < -0.4 is 10.5 Å². The fraction of sp³-hybridized carbons (Fsp3) is 0.133. The summed E-state index contributed by atoms with van der Waals surface area (Å²) >= 11 is 0. The molecule has 18 heavy (non-hydrogen) atoms. The van der Waals surface area contributed by atoms with Gasteiger partial charge in [0.05, 0.1) is 11.6 Å². The summed E-state index contributed by atoms with van der Waals surface area (Å²) in [4.78, 5) is 0. The van der Waals surface area contributed by atoms with Gasteiger partial charge in [0, 0.05) is 11.3 Å².